The predicted octanol–water partition coefficient (Wildman–Crippen LogP) is 0.720. The van der Waals surface area contributed by atoms with Gasteiger partial charge in [0, 0.05) is 32.3 Å². The van der Waals surface area contributed by atoms with Crippen molar-refractivity contribution in [3.8, 4) is 0 Å². The normalized spacial score (nSPS) is 27.6. The average molecular weight is 230 g/mol. The number of nitrogens with zero attached hydrogens (tertiary/aromatic N) is 1. The van der Waals surface area contributed by atoms with Crippen LogP contribution in [0.1, 0.15) is 20.3 Å². The molecule has 1 saturated heterocycles. The molecule has 1 aliphatic rings. The lowest BCUT2D eigenvalue weighted by molar-refractivity contribution is 0.0729. The standard InChI is InChI=1S/C12H26N2O2/c1-5-13-11(9-15-4)8-14(3)12-6-7-16-10(12)2/h10-13H,5-9H2,1-4H3. The second-order valence-corrected chi connectivity index (χ2v) is 4.58. The fourth-order valence-corrected chi connectivity index (χ4v) is 2.45. The van der Waals surface area contributed by atoms with Crippen molar-refractivity contribution in [2.45, 2.75) is 38.5 Å². The minimum absolute atomic E-state index is 0.356. The van der Waals surface area contributed by atoms with Crippen molar-refractivity contribution in [1.29, 1.82) is 0 Å². The highest BCUT2D eigenvalue weighted by Crippen LogP contribution is 2.18. The Morgan fingerprint density at radius 1 is 1.56 bits per heavy atom. The molecule has 0 spiro atoms. The summed E-state index contributed by atoms with van der Waals surface area (Å²) in [5, 5.41) is 3.45. The third-order valence-electron chi connectivity index (χ3n) is 3.27. The molecule has 1 N–H and O–H groups in total. The maximum Gasteiger partial charge on any atom is 0.0702 e. The molecule has 4 nitrogen and oxygen atoms in total. The van der Waals surface area contributed by atoms with Gasteiger partial charge in [0.1, 0.15) is 0 Å². The van der Waals surface area contributed by atoms with Crippen LogP contribution in [0.2, 0.25) is 0 Å². The summed E-state index contributed by atoms with van der Waals surface area (Å²) in [7, 11) is 3.93. The largest absolute Gasteiger partial charge is 0.383 e. The van der Waals surface area contributed by atoms with E-state index in [4.69, 9.17) is 9.47 Å². The van der Waals surface area contributed by atoms with Crippen molar-refractivity contribution in [3.63, 3.8) is 0 Å². The quantitative estimate of drug-likeness (QED) is 0.699. The summed E-state index contributed by atoms with van der Waals surface area (Å²) in [5.41, 5.74) is 0. The molecule has 0 bridgehead atoms. The Morgan fingerprint density at radius 2 is 2.31 bits per heavy atom. The number of rotatable bonds is 7. The van der Waals surface area contributed by atoms with Crippen LogP contribution in [0.3, 0.4) is 0 Å². The molecule has 1 heterocycles. The van der Waals surface area contributed by atoms with Gasteiger partial charge in [-0.25, -0.2) is 0 Å². The molecule has 0 radical (unpaired) electrons. The van der Waals surface area contributed by atoms with E-state index >= 15 is 0 Å². The fourth-order valence-electron chi connectivity index (χ4n) is 2.45. The Morgan fingerprint density at radius 3 is 2.81 bits per heavy atom. The van der Waals surface area contributed by atoms with Crippen molar-refractivity contribution in [2.24, 2.45) is 0 Å². The van der Waals surface area contributed by atoms with Crippen LogP contribution in [0.4, 0.5) is 0 Å². The molecule has 0 amide bonds. The number of nitrogens with one attached hydrogen (secondary N) is 1. The predicted molar refractivity (Wildman–Crippen MR) is 65.8 cm³/mol. The van der Waals surface area contributed by atoms with Crippen LogP contribution in [0.5, 0.6) is 0 Å². The first-order valence-corrected chi connectivity index (χ1v) is 6.23. The van der Waals surface area contributed by atoms with Crippen LogP contribution in [0.25, 0.3) is 0 Å². The van der Waals surface area contributed by atoms with Crippen LogP contribution in [-0.2, 0) is 9.47 Å². The van der Waals surface area contributed by atoms with Crippen LogP contribution < -0.4 is 5.32 Å². The van der Waals surface area contributed by atoms with Gasteiger partial charge >= 0.3 is 0 Å². The first-order chi connectivity index (χ1) is 7.69. The summed E-state index contributed by atoms with van der Waals surface area (Å²) < 4.78 is 10.8. The maximum atomic E-state index is 5.59. The van der Waals surface area contributed by atoms with Gasteiger partial charge in [-0.05, 0) is 26.9 Å². The van der Waals surface area contributed by atoms with Gasteiger partial charge in [-0.2, -0.15) is 0 Å². The van der Waals surface area contributed by atoms with E-state index < -0.39 is 0 Å². The lowest BCUT2D eigenvalue weighted by atomic mass is 10.1. The van der Waals surface area contributed by atoms with Gasteiger partial charge < -0.3 is 14.8 Å². The number of likely N-dealkylation sites (N-methyl/N-ethyl adjacent to an activating group) is 2. The molecule has 0 aromatic heterocycles. The molecule has 1 aliphatic heterocycles. The van der Waals surface area contributed by atoms with Crippen molar-refractivity contribution in [2.75, 3.05) is 40.5 Å². The lowest BCUT2D eigenvalue weighted by Crippen LogP contribution is -2.47. The molecule has 0 aromatic rings. The average Bonchev–Trinajstić information content (AvgIpc) is 2.65. The Balaban J connectivity index is 2.37. The van der Waals surface area contributed by atoms with Crippen molar-refractivity contribution in [1.82, 2.24) is 10.2 Å². The highest BCUT2D eigenvalue weighted by Gasteiger charge is 2.28. The van der Waals surface area contributed by atoms with Crippen LogP contribution in [-0.4, -0.2) is 63.5 Å². The van der Waals surface area contributed by atoms with E-state index in [0.717, 1.165) is 32.7 Å². The number of hydrogen-bond donors (Lipinski definition) is 1. The molecule has 1 fully saturated rings. The zero-order valence-electron chi connectivity index (χ0n) is 11.0. The molecule has 3 unspecified atom stereocenters. The van der Waals surface area contributed by atoms with Crippen LogP contribution >= 0.6 is 0 Å². The third-order valence-corrected chi connectivity index (χ3v) is 3.27. The summed E-state index contributed by atoms with van der Waals surface area (Å²) in [6.45, 7) is 7.95. The van der Waals surface area contributed by atoms with E-state index in [1.165, 1.54) is 0 Å². The second-order valence-electron chi connectivity index (χ2n) is 4.58. The molecule has 1 rings (SSSR count). The van der Waals surface area contributed by atoms with E-state index in [1.54, 1.807) is 7.11 Å². The van der Waals surface area contributed by atoms with E-state index in [9.17, 15) is 0 Å². The number of methoxy groups -OCH3 is 1. The van der Waals surface area contributed by atoms with Crippen molar-refractivity contribution >= 4 is 0 Å². The zero-order chi connectivity index (χ0) is 12.0. The summed E-state index contributed by atoms with van der Waals surface area (Å²) in [4.78, 5) is 2.39. The summed E-state index contributed by atoms with van der Waals surface area (Å²) in [6.07, 6.45) is 1.50. The Hall–Kier alpha value is -0.160. The summed E-state index contributed by atoms with van der Waals surface area (Å²) >= 11 is 0. The van der Waals surface area contributed by atoms with Gasteiger partial charge in [-0.15, -0.1) is 0 Å². The molecule has 16 heavy (non-hydrogen) atoms. The van der Waals surface area contributed by atoms with Gasteiger partial charge in [-0.3, -0.25) is 4.90 Å². The van der Waals surface area contributed by atoms with Gasteiger partial charge in [0.2, 0.25) is 0 Å². The Labute approximate surface area is 99.3 Å². The zero-order valence-corrected chi connectivity index (χ0v) is 11.0. The first kappa shape index (κ1) is 13.9. The molecule has 3 atom stereocenters. The highest BCUT2D eigenvalue weighted by molar-refractivity contribution is 4.83. The monoisotopic (exact) mass is 230 g/mol. The summed E-state index contributed by atoms with van der Waals surface area (Å²) in [6, 6.07) is 0.964. The van der Waals surface area contributed by atoms with Gasteiger partial charge in [0.05, 0.1) is 12.7 Å². The van der Waals surface area contributed by atoms with Gasteiger partial charge in [-0.1, -0.05) is 6.92 Å². The summed E-state index contributed by atoms with van der Waals surface area (Å²) in [5.74, 6) is 0. The van der Waals surface area contributed by atoms with Gasteiger partial charge in [0.15, 0.2) is 0 Å². The minimum atomic E-state index is 0.356. The van der Waals surface area contributed by atoms with Gasteiger partial charge in [0.25, 0.3) is 0 Å². The minimum Gasteiger partial charge on any atom is -0.383 e. The molecule has 0 aliphatic carbocycles. The molecule has 0 aromatic carbocycles. The van der Waals surface area contributed by atoms with Crippen molar-refractivity contribution in [3.05, 3.63) is 0 Å². The second kappa shape index (κ2) is 7.22. The SMILES string of the molecule is CCNC(COC)CN(C)C1CCOC1C. The Kier molecular flexibility index (Phi) is 6.28. The molecular weight excluding hydrogens is 204 g/mol. The van der Waals surface area contributed by atoms with Crippen molar-refractivity contribution < 1.29 is 9.47 Å². The Bertz CT molecular complexity index is 184. The molecule has 4 heteroatoms. The maximum absolute atomic E-state index is 5.59. The topological polar surface area (TPSA) is 33.7 Å². The molecule has 96 valence electrons. The molecule has 0 saturated carbocycles. The fraction of sp³-hybridized carbons (Fsp3) is 1.00. The first-order valence-electron chi connectivity index (χ1n) is 6.23. The number of hydrogen-bond acceptors (Lipinski definition) is 4. The lowest BCUT2D eigenvalue weighted by Gasteiger charge is -2.30. The third kappa shape index (κ3) is 4.01. The van der Waals surface area contributed by atoms with Crippen LogP contribution in [0, 0.1) is 0 Å². The van der Waals surface area contributed by atoms with E-state index in [-0.39, 0.29) is 0 Å². The van der Waals surface area contributed by atoms with E-state index in [2.05, 4.69) is 31.1 Å². The molecular formula is C12H26N2O2. The van der Waals surface area contributed by atoms with E-state index in [1.807, 2.05) is 0 Å². The smallest absolute Gasteiger partial charge is 0.0702 e. The van der Waals surface area contributed by atoms with Crippen LogP contribution in [0.15, 0.2) is 0 Å². The highest BCUT2D eigenvalue weighted by atomic mass is 16.5. The number of ether oxygens (including phenoxy) is 2. The van der Waals surface area contributed by atoms with E-state index in [0.29, 0.717) is 18.2 Å².